The van der Waals surface area contributed by atoms with Crippen molar-refractivity contribution in [3.8, 4) is 0 Å². The van der Waals surface area contributed by atoms with E-state index < -0.39 is 0 Å². The Morgan fingerprint density at radius 1 is 1.79 bits per heavy atom. The molecular weight excluding hydrogens is 200 g/mol. The molecule has 1 aliphatic rings. The van der Waals surface area contributed by atoms with Gasteiger partial charge in [0.25, 0.3) is 5.91 Å². The van der Waals surface area contributed by atoms with Crippen LogP contribution >= 0.6 is 11.3 Å². The predicted octanol–water partition coefficient (Wildman–Crippen LogP) is 0.658. The lowest BCUT2D eigenvalue weighted by molar-refractivity contribution is 0.0769. The molecule has 76 valence electrons. The van der Waals surface area contributed by atoms with Crippen molar-refractivity contribution < 1.29 is 9.90 Å². The fourth-order valence-corrected chi connectivity index (χ4v) is 2.35. The zero-order chi connectivity index (χ0) is 10.1. The number of thiazole rings is 1. The Kier molecular flexibility index (Phi) is 2.52. The van der Waals surface area contributed by atoms with Crippen molar-refractivity contribution in [1.82, 2.24) is 9.88 Å². The molecule has 0 radical (unpaired) electrons. The van der Waals surface area contributed by atoms with Crippen molar-refractivity contribution in [3.63, 3.8) is 0 Å². The lowest BCUT2D eigenvalue weighted by Crippen LogP contribution is -2.29. The quantitative estimate of drug-likeness (QED) is 0.744. The van der Waals surface area contributed by atoms with Crippen molar-refractivity contribution in [1.29, 1.82) is 0 Å². The fourth-order valence-electron chi connectivity index (χ4n) is 1.58. The summed E-state index contributed by atoms with van der Waals surface area (Å²) < 4.78 is 0. The van der Waals surface area contributed by atoms with Crippen LogP contribution in [0, 0.1) is 6.92 Å². The van der Waals surface area contributed by atoms with E-state index >= 15 is 0 Å². The van der Waals surface area contributed by atoms with E-state index in [1.807, 2.05) is 6.92 Å². The Labute approximate surface area is 86.2 Å². The van der Waals surface area contributed by atoms with Crippen molar-refractivity contribution in [2.75, 3.05) is 13.1 Å². The van der Waals surface area contributed by atoms with Crippen molar-refractivity contribution in [2.45, 2.75) is 19.4 Å². The van der Waals surface area contributed by atoms with E-state index in [0.29, 0.717) is 24.4 Å². The molecule has 0 bridgehead atoms. The number of carbonyl (C=O) groups is 1. The van der Waals surface area contributed by atoms with Crippen LogP contribution in [0.3, 0.4) is 0 Å². The van der Waals surface area contributed by atoms with Crippen molar-refractivity contribution in [3.05, 3.63) is 16.1 Å². The number of aliphatic hydroxyl groups is 1. The van der Waals surface area contributed by atoms with Crippen LogP contribution in [-0.2, 0) is 0 Å². The number of likely N-dealkylation sites (tertiary alicyclic amines) is 1. The summed E-state index contributed by atoms with van der Waals surface area (Å²) in [5.41, 5.74) is 2.45. The van der Waals surface area contributed by atoms with E-state index in [-0.39, 0.29) is 12.0 Å². The van der Waals surface area contributed by atoms with Crippen LogP contribution in [0.2, 0.25) is 0 Å². The van der Waals surface area contributed by atoms with Crippen LogP contribution in [0.1, 0.15) is 21.8 Å². The van der Waals surface area contributed by atoms with Gasteiger partial charge in [0.05, 0.1) is 17.3 Å². The van der Waals surface area contributed by atoms with Crippen molar-refractivity contribution >= 4 is 17.2 Å². The average Bonchev–Trinajstić information content (AvgIpc) is 2.73. The maximum atomic E-state index is 11.9. The summed E-state index contributed by atoms with van der Waals surface area (Å²) in [5, 5.41) is 9.31. The van der Waals surface area contributed by atoms with E-state index in [4.69, 9.17) is 0 Å². The van der Waals surface area contributed by atoms with Crippen LogP contribution < -0.4 is 0 Å². The van der Waals surface area contributed by atoms with Gasteiger partial charge in [-0.1, -0.05) is 0 Å². The molecule has 2 heterocycles. The molecule has 1 amide bonds. The molecule has 0 saturated carbocycles. The molecule has 0 unspecified atom stereocenters. The van der Waals surface area contributed by atoms with Gasteiger partial charge < -0.3 is 10.0 Å². The number of β-amino-alcohol motifs (C(OH)–C–C–N with tert-alkyl or cyclic N) is 1. The van der Waals surface area contributed by atoms with Gasteiger partial charge in [-0.15, -0.1) is 11.3 Å². The molecule has 1 fully saturated rings. The third-order valence-electron chi connectivity index (χ3n) is 2.39. The third-order valence-corrected chi connectivity index (χ3v) is 3.31. The first-order valence-electron chi connectivity index (χ1n) is 4.56. The summed E-state index contributed by atoms with van der Waals surface area (Å²) in [7, 11) is 0. The van der Waals surface area contributed by atoms with Crippen molar-refractivity contribution in [2.24, 2.45) is 0 Å². The molecule has 1 aliphatic heterocycles. The maximum absolute atomic E-state index is 11.9. The Hall–Kier alpha value is -0.940. The second kappa shape index (κ2) is 3.67. The van der Waals surface area contributed by atoms with Gasteiger partial charge in [0, 0.05) is 13.1 Å². The molecule has 4 nitrogen and oxygen atoms in total. The van der Waals surface area contributed by atoms with Gasteiger partial charge in [-0.25, -0.2) is 4.98 Å². The fraction of sp³-hybridized carbons (Fsp3) is 0.556. The number of aryl methyl sites for hydroxylation is 1. The van der Waals surface area contributed by atoms with Gasteiger partial charge in [-0.2, -0.15) is 0 Å². The second-order valence-electron chi connectivity index (χ2n) is 3.46. The molecule has 0 aromatic carbocycles. The highest BCUT2D eigenvalue weighted by Gasteiger charge is 2.27. The molecule has 0 aliphatic carbocycles. The highest BCUT2D eigenvalue weighted by atomic mass is 32.1. The Morgan fingerprint density at radius 3 is 3.07 bits per heavy atom. The third kappa shape index (κ3) is 1.65. The van der Waals surface area contributed by atoms with Crippen LogP contribution in [0.25, 0.3) is 0 Å². The molecule has 2 rings (SSSR count). The summed E-state index contributed by atoms with van der Waals surface area (Å²) in [5.74, 6) is 0.00144. The molecule has 0 spiro atoms. The summed E-state index contributed by atoms with van der Waals surface area (Å²) >= 11 is 1.36. The minimum absolute atomic E-state index is 0.00144. The van der Waals surface area contributed by atoms with Gasteiger partial charge in [-0.05, 0) is 13.3 Å². The first-order valence-corrected chi connectivity index (χ1v) is 5.44. The molecule has 1 aromatic heterocycles. The average molecular weight is 212 g/mol. The van der Waals surface area contributed by atoms with E-state index in [2.05, 4.69) is 4.98 Å². The summed E-state index contributed by atoms with van der Waals surface area (Å²) in [6.45, 7) is 2.93. The number of rotatable bonds is 1. The molecule has 1 aromatic rings. The van der Waals surface area contributed by atoms with Gasteiger partial charge in [0.1, 0.15) is 4.88 Å². The number of hydrogen-bond donors (Lipinski definition) is 1. The molecule has 14 heavy (non-hydrogen) atoms. The highest BCUT2D eigenvalue weighted by Crippen LogP contribution is 2.18. The zero-order valence-corrected chi connectivity index (χ0v) is 8.75. The number of carbonyl (C=O) groups excluding carboxylic acids is 1. The van der Waals surface area contributed by atoms with E-state index in [1.165, 1.54) is 11.3 Å². The SMILES string of the molecule is Cc1ncsc1C(=O)N1CC[C@H](O)C1. The number of amides is 1. The molecule has 1 atom stereocenters. The minimum atomic E-state index is -0.354. The van der Waals surface area contributed by atoms with Gasteiger partial charge in [0.15, 0.2) is 0 Å². The molecular formula is C9H12N2O2S. The van der Waals surface area contributed by atoms with Gasteiger partial charge >= 0.3 is 0 Å². The normalized spacial score (nSPS) is 21.6. The number of aromatic nitrogens is 1. The topological polar surface area (TPSA) is 53.4 Å². The molecule has 1 N–H and O–H groups in total. The smallest absolute Gasteiger partial charge is 0.265 e. The number of nitrogens with zero attached hydrogens (tertiary/aromatic N) is 2. The summed E-state index contributed by atoms with van der Waals surface area (Å²) in [4.78, 5) is 18.3. The Bertz CT molecular complexity index is 350. The highest BCUT2D eigenvalue weighted by molar-refractivity contribution is 7.11. The molecule has 1 saturated heterocycles. The zero-order valence-electron chi connectivity index (χ0n) is 7.93. The second-order valence-corrected chi connectivity index (χ2v) is 4.32. The maximum Gasteiger partial charge on any atom is 0.265 e. The largest absolute Gasteiger partial charge is 0.391 e. The first kappa shape index (κ1) is 9.61. The number of hydrogen-bond acceptors (Lipinski definition) is 4. The van der Waals surface area contributed by atoms with E-state index in [9.17, 15) is 9.90 Å². The van der Waals surface area contributed by atoms with Gasteiger partial charge in [0.2, 0.25) is 0 Å². The lowest BCUT2D eigenvalue weighted by atomic mass is 10.3. The Morgan fingerprint density at radius 2 is 2.57 bits per heavy atom. The van der Waals surface area contributed by atoms with Crippen LogP contribution in [0.15, 0.2) is 5.51 Å². The number of aliphatic hydroxyl groups excluding tert-OH is 1. The van der Waals surface area contributed by atoms with E-state index in [1.54, 1.807) is 10.4 Å². The van der Waals surface area contributed by atoms with E-state index in [0.717, 1.165) is 5.69 Å². The molecule has 5 heteroatoms. The van der Waals surface area contributed by atoms with Crippen LogP contribution in [0.5, 0.6) is 0 Å². The summed E-state index contributed by atoms with van der Waals surface area (Å²) in [6.07, 6.45) is 0.330. The lowest BCUT2D eigenvalue weighted by Gasteiger charge is -2.14. The summed E-state index contributed by atoms with van der Waals surface area (Å²) in [6, 6.07) is 0. The Balaban J connectivity index is 2.13. The van der Waals surface area contributed by atoms with Gasteiger partial charge in [-0.3, -0.25) is 4.79 Å². The standard InChI is InChI=1S/C9H12N2O2S/c1-6-8(14-5-10-6)9(13)11-3-2-7(12)4-11/h5,7,12H,2-4H2,1H3/t7-/m0/s1. The monoisotopic (exact) mass is 212 g/mol. The minimum Gasteiger partial charge on any atom is -0.391 e. The predicted molar refractivity (Wildman–Crippen MR) is 53.4 cm³/mol. The van der Waals surface area contributed by atoms with Crippen LogP contribution in [-0.4, -0.2) is 40.1 Å². The first-order chi connectivity index (χ1) is 6.68. The van der Waals surface area contributed by atoms with Crippen LogP contribution in [0.4, 0.5) is 0 Å².